The Bertz CT molecular complexity index is 619. The van der Waals surface area contributed by atoms with E-state index in [0.29, 0.717) is 0 Å². The summed E-state index contributed by atoms with van der Waals surface area (Å²) in [5.41, 5.74) is -0.912. The van der Waals surface area contributed by atoms with Crippen LogP contribution in [0.5, 0.6) is 0 Å². The van der Waals surface area contributed by atoms with Crippen LogP contribution in [-0.4, -0.2) is 20.9 Å². The quantitative estimate of drug-likeness (QED) is 0.672. The van der Waals surface area contributed by atoms with Crippen LogP contribution >= 0.6 is 0 Å². The van der Waals surface area contributed by atoms with E-state index in [1.54, 1.807) is 0 Å². The molecule has 0 saturated carbocycles. The highest BCUT2D eigenvalue weighted by atomic mass is 19.1. The summed E-state index contributed by atoms with van der Waals surface area (Å²) >= 11 is 0. The number of carbonyl (C=O) groups is 1. The van der Waals surface area contributed by atoms with E-state index in [0.717, 1.165) is 18.3 Å². The topological polar surface area (TPSA) is 90.6 Å². The lowest BCUT2D eigenvalue weighted by Gasteiger charge is -2.03. The molecule has 0 aliphatic rings. The lowest BCUT2D eigenvalue weighted by molar-refractivity contribution is 0.102. The highest BCUT2D eigenvalue weighted by Crippen LogP contribution is 2.12. The number of halogens is 2. The lowest BCUT2D eigenvalue weighted by atomic mass is 10.3. The van der Waals surface area contributed by atoms with Crippen LogP contribution < -0.4 is 11.0 Å². The van der Waals surface area contributed by atoms with Crippen molar-refractivity contribution >= 4 is 11.6 Å². The van der Waals surface area contributed by atoms with Crippen LogP contribution in [0.15, 0.2) is 23.1 Å². The Morgan fingerprint density at radius 3 is 2.71 bits per heavy atom. The van der Waals surface area contributed by atoms with E-state index in [1.165, 1.54) is 0 Å². The molecule has 0 aliphatic carbocycles. The maximum absolute atomic E-state index is 13.1. The number of H-pyrrole nitrogens is 2. The van der Waals surface area contributed by atoms with Crippen molar-refractivity contribution in [2.75, 3.05) is 5.32 Å². The summed E-state index contributed by atoms with van der Waals surface area (Å²) in [4.78, 5) is 29.5. The van der Waals surface area contributed by atoms with Crippen LogP contribution in [0.4, 0.5) is 14.5 Å². The third-order valence-corrected chi connectivity index (χ3v) is 1.90. The molecule has 0 aliphatic heterocycles. The molecular formula is C9H6F2N4O2. The molecule has 0 atom stereocenters. The van der Waals surface area contributed by atoms with E-state index in [-0.39, 0.29) is 11.4 Å². The summed E-state index contributed by atoms with van der Waals surface area (Å²) in [6.45, 7) is 0. The Kier molecular flexibility index (Phi) is 2.69. The number of imidazole rings is 1. The Morgan fingerprint density at radius 1 is 1.35 bits per heavy atom. The fraction of sp³-hybridized carbons (Fsp3) is 0. The number of carbonyl (C=O) groups excluding carboxylic acids is 1. The predicted octanol–water partition coefficient (Wildman–Crippen LogP) is 0.629. The maximum atomic E-state index is 13.1. The molecule has 2 aromatic rings. The third-order valence-electron chi connectivity index (χ3n) is 1.90. The number of hydrogen-bond donors (Lipinski definition) is 3. The predicted molar refractivity (Wildman–Crippen MR) is 53.5 cm³/mol. The number of nitrogens with one attached hydrogen (secondary N) is 3. The number of anilines is 1. The Labute approximate surface area is 92.7 Å². The molecule has 6 nitrogen and oxygen atoms in total. The Morgan fingerprint density at radius 2 is 2.12 bits per heavy atom. The summed E-state index contributed by atoms with van der Waals surface area (Å²) in [5.74, 6) is -2.87. The first kappa shape index (κ1) is 11.0. The molecular weight excluding hydrogens is 234 g/mol. The van der Waals surface area contributed by atoms with Crippen LogP contribution in [0, 0.1) is 11.9 Å². The fourth-order valence-corrected chi connectivity index (χ4v) is 1.15. The van der Waals surface area contributed by atoms with Gasteiger partial charge >= 0.3 is 5.69 Å². The number of hydrogen-bond acceptors (Lipinski definition) is 3. The van der Waals surface area contributed by atoms with Gasteiger partial charge < -0.3 is 15.3 Å². The highest BCUT2D eigenvalue weighted by molar-refractivity contribution is 6.02. The first-order valence-electron chi connectivity index (χ1n) is 4.47. The first-order chi connectivity index (χ1) is 8.06. The van der Waals surface area contributed by atoms with Crippen LogP contribution in [0.1, 0.15) is 10.5 Å². The van der Waals surface area contributed by atoms with Gasteiger partial charge in [0, 0.05) is 6.20 Å². The molecule has 88 valence electrons. The first-order valence-corrected chi connectivity index (χ1v) is 4.47. The van der Waals surface area contributed by atoms with Crippen LogP contribution in [0.3, 0.4) is 0 Å². The van der Waals surface area contributed by atoms with Crippen molar-refractivity contribution in [2.45, 2.75) is 0 Å². The van der Waals surface area contributed by atoms with Gasteiger partial charge in [-0.2, -0.15) is 13.8 Å². The lowest BCUT2D eigenvalue weighted by Crippen LogP contribution is -2.15. The minimum absolute atomic E-state index is 0.0706. The van der Waals surface area contributed by atoms with Crippen LogP contribution in [0.2, 0.25) is 0 Å². The van der Waals surface area contributed by atoms with Gasteiger partial charge in [0.1, 0.15) is 5.69 Å². The van der Waals surface area contributed by atoms with Gasteiger partial charge in [0.25, 0.3) is 5.91 Å². The van der Waals surface area contributed by atoms with Gasteiger partial charge in [0.05, 0.1) is 5.69 Å². The van der Waals surface area contributed by atoms with Crippen molar-refractivity contribution in [2.24, 2.45) is 0 Å². The second-order valence-electron chi connectivity index (χ2n) is 3.08. The number of rotatable bonds is 2. The highest BCUT2D eigenvalue weighted by Gasteiger charge is 2.12. The van der Waals surface area contributed by atoms with Gasteiger partial charge in [-0.25, -0.2) is 4.79 Å². The molecule has 17 heavy (non-hydrogen) atoms. The van der Waals surface area contributed by atoms with E-state index in [9.17, 15) is 18.4 Å². The molecule has 3 N–H and O–H groups in total. The van der Waals surface area contributed by atoms with Crippen molar-refractivity contribution in [3.05, 3.63) is 46.4 Å². The molecule has 1 amide bonds. The largest absolute Gasteiger partial charge is 0.323 e. The minimum atomic E-state index is -1.14. The van der Waals surface area contributed by atoms with Gasteiger partial charge in [0.15, 0.2) is 0 Å². The molecule has 0 fully saturated rings. The van der Waals surface area contributed by atoms with Crippen LogP contribution in [0.25, 0.3) is 0 Å². The fourth-order valence-electron chi connectivity index (χ4n) is 1.15. The van der Waals surface area contributed by atoms with E-state index in [4.69, 9.17) is 0 Å². The SMILES string of the molecule is O=C(Nc1ccc(F)nc1F)c1c[nH]c(=O)[nH]1. The van der Waals surface area contributed by atoms with E-state index in [1.807, 2.05) is 0 Å². The number of pyridine rings is 1. The van der Waals surface area contributed by atoms with E-state index >= 15 is 0 Å². The molecule has 2 heterocycles. The average molecular weight is 240 g/mol. The van der Waals surface area contributed by atoms with Gasteiger partial charge in [0.2, 0.25) is 11.9 Å². The molecule has 2 aromatic heterocycles. The van der Waals surface area contributed by atoms with Gasteiger partial charge in [-0.05, 0) is 12.1 Å². The normalized spacial score (nSPS) is 10.2. The van der Waals surface area contributed by atoms with Gasteiger partial charge in [-0.3, -0.25) is 4.79 Å². The van der Waals surface area contributed by atoms with E-state index in [2.05, 4.69) is 20.3 Å². The van der Waals surface area contributed by atoms with Crippen molar-refractivity contribution in [3.8, 4) is 0 Å². The standard InChI is InChI=1S/C9H6F2N4O2/c10-6-2-1-4(7(11)15-6)13-8(16)5-3-12-9(17)14-5/h1-3H,(H,13,16)(H2,12,14,17). The molecule has 8 heteroatoms. The molecule has 0 bridgehead atoms. The van der Waals surface area contributed by atoms with Crippen molar-refractivity contribution < 1.29 is 13.6 Å². The van der Waals surface area contributed by atoms with Crippen LogP contribution in [-0.2, 0) is 0 Å². The molecule has 0 radical (unpaired) electrons. The maximum Gasteiger partial charge on any atom is 0.323 e. The second-order valence-corrected chi connectivity index (χ2v) is 3.08. The molecule has 0 saturated heterocycles. The Hall–Kier alpha value is -2.51. The summed E-state index contributed by atoms with van der Waals surface area (Å²) < 4.78 is 25.6. The Balaban J connectivity index is 2.21. The second kappa shape index (κ2) is 4.16. The van der Waals surface area contributed by atoms with E-state index < -0.39 is 23.5 Å². The zero-order valence-corrected chi connectivity index (χ0v) is 8.25. The third kappa shape index (κ3) is 2.36. The molecule has 0 unspecified atom stereocenters. The van der Waals surface area contributed by atoms with Crippen molar-refractivity contribution in [1.29, 1.82) is 0 Å². The summed E-state index contributed by atoms with van der Waals surface area (Å²) in [7, 11) is 0. The molecule has 0 aromatic carbocycles. The number of aromatic nitrogens is 3. The molecule has 2 rings (SSSR count). The number of amides is 1. The zero-order chi connectivity index (χ0) is 12.4. The number of aromatic amines is 2. The van der Waals surface area contributed by atoms with Crippen molar-refractivity contribution in [1.82, 2.24) is 15.0 Å². The summed E-state index contributed by atoms with van der Waals surface area (Å²) in [5, 5.41) is 2.13. The smallest absolute Gasteiger partial charge is 0.317 e. The van der Waals surface area contributed by atoms with Gasteiger partial charge in [-0.1, -0.05) is 0 Å². The summed E-state index contributed by atoms with van der Waals surface area (Å²) in [6.07, 6.45) is 1.13. The monoisotopic (exact) mass is 240 g/mol. The summed E-state index contributed by atoms with van der Waals surface area (Å²) in [6, 6.07) is 1.93. The minimum Gasteiger partial charge on any atom is -0.317 e. The van der Waals surface area contributed by atoms with Crippen molar-refractivity contribution in [3.63, 3.8) is 0 Å². The molecule has 0 spiro atoms. The average Bonchev–Trinajstić information content (AvgIpc) is 2.69. The zero-order valence-electron chi connectivity index (χ0n) is 8.25. The van der Waals surface area contributed by atoms with Gasteiger partial charge in [-0.15, -0.1) is 0 Å². The number of nitrogens with zero attached hydrogens (tertiary/aromatic N) is 1.